The first-order chi connectivity index (χ1) is 10.1. The number of anilines is 1. The highest BCUT2D eigenvalue weighted by Crippen LogP contribution is 2.26. The number of carbonyl (C=O) groups is 1. The Kier molecular flexibility index (Phi) is 3.88. The second-order valence-electron chi connectivity index (χ2n) is 5.28. The van der Waals surface area contributed by atoms with Crippen molar-refractivity contribution in [1.82, 2.24) is 5.32 Å². The number of ether oxygens (including phenoxy) is 2. The summed E-state index contributed by atoms with van der Waals surface area (Å²) in [6.07, 6.45) is 0. The van der Waals surface area contributed by atoms with E-state index in [0.29, 0.717) is 32.0 Å². The van der Waals surface area contributed by atoms with E-state index in [9.17, 15) is 13.6 Å². The molecule has 2 heterocycles. The summed E-state index contributed by atoms with van der Waals surface area (Å²) in [6.45, 7) is 2.32. The summed E-state index contributed by atoms with van der Waals surface area (Å²) in [5, 5.41) is 3.19. The van der Waals surface area contributed by atoms with Gasteiger partial charge in [-0.1, -0.05) is 0 Å². The third-order valence-electron chi connectivity index (χ3n) is 3.70. The molecular formula is C14H16F2N2O3. The highest BCUT2D eigenvalue weighted by molar-refractivity contribution is 5.95. The van der Waals surface area contributed by atoms with E-state index in [4.69, 9.17) is 9.47 Å². The molecule has 114 valence electrons. The van der Waals surface area contributed by atoms with Crippen LogP contribution in [0.1, 0.15) is 0 Å². The Morgan fingerprint density at radius 1 is 1.29 bits per heavy atom. The fraction of sp³-hybridized carbons (Fsp3) is 0.500. The second-order valence-corrected chi connectivity index (χ2v) is 5.28. The summed E-state index contributed by atoms with van der Waals surface area (Å²) in [5.41, 5.74) is -0.333. The number of halogens is 2. The third kappa shape index (κ3) is 2.90. The van der Waals surface area contributed by atoms with Crippen LogP contribution in [0.5, 0.6) is 0 Å². The molecular weight excluding hydrogens is 282 g/mol. The molecule has 0 bridgehead atoms. The van der Waals surface area contributed by atoms with Crippen molar-refractivity contribution in [2.45, 2.75) is 5.60 Å². The summed E-state index contributed by atoms with van der Waals surface area (Å²) in [7, 11) is 0. The zero-order valence-corrected chi connectivity index (χ0v) is 11.4. The van der Waals surface area contributed by atoms with Gasteiger partial charge < -0.3 is 19.7 Å². The molecule has 0 radical (unpaired) electrons. The fourth-order valence-corrected chi connectivity index (χ4v) is 2.57. The largest absolute Gasteiger partial charge is 0.377 e. The third-order valence-corrected chi connectivity index (χ3v) is 3.70. The van der Waals surface area contributed by atoms with Crippen molar-refractivity contribution >= 4 is 11.6 Å². The summed E-state index contributed by atoms with van der Waals surface area (Å²) in [4.78, 5) is 13.4. The smallest absolute Gasteiger partial charge is 0.253 e. The van der Waals surface area contributed by atoms with Crippen molar-refractivity contribution in [3.63, 3.8) is 0 Å². The standard InChI is InChI=1S/C14H16F2N2O3/c15-11-2-1-10(5-12(11)16)18-8-14(21-6-13(18)19)7-17-3-4-20-9-14/h1-2,5,17H,3-4,6-9H2/t14-/m0/s1. The van der Waals surface area contributed by atoms with Crippen LogP contribution < -0.4 is 10.2 Å². The topological polar surface area (TPSA) is 50.8 Å². The highest BCUT2D eigenvalue weighted by atomic mass is 19.2. The average Bonchev–Trinajstić information content (AvgIpc) is 2.71. The van der Waals surface area contributed by atoms with E-state index in [-0.39, 0.29) is 19.1 Å². The molecule has 2 saturated heterocycles. The molecule has 21 heavy (non-hydrogen) atoms. The maximum atomic E-state index is 13.4. The Bertz CT molecular complexity index is 545. The molecule has 1 atom stereocenters. The number of carbonyl (C=O) groups excluding carboxylic acids is 1. The molecule has 2 fully saturated rings. The number of hydrogen-bond donors (Lipinski definition) is 1. The number of nitrogens with one attached hydrogen (secondary N) is 1. The first-order valence-corrected chi connectivity index (χ1v) is 6.78. The van der Waals surface area contributed by atoms with Gasteiger partial charge in [-0.15, -0.1) is 0 Å². The maximum Gasteiger partial charge on any atom is 0.253 e. The predicted octanol–water partition coefficient (Wildman–Crippen LogP) is 0.687. The van der Waals surface area contributed by atoms with E-state index in [0.717, 1.165) is 12.1 Å². The molecule has 1 aromatic rings. The average molecular weight is 298 g/mol. The van der Waals surface area contributed by atoms with Crippen LogP contribution in [0.25, 0.3) is 0 Å². The van der Waals surface area contributed by atoms with Crippen LogP contribution in [0.3, 0.4) is 0 Å². The number of benzene rings is 1. The lowest BCUT2D eigenvalue weighted by atomic mass is 10.0. The van der Waals surface area contributed by atoms with Crippen molar-refractivity contribution in [2.24, 2.45) is 0 Å². The van der Waals surface area contributed by atoms with Gasteiger partial charge in [-0.25, -0.2) is 8.78 Å². The summed E-state index contributed by atoms with van der Waals surface area (Å²) in [6, 6.07) is 3.43. The Balaban J connectivity index is 1.85. The second kappa shape index (κ2) is 5.67. The molecule has 1 aromatic carbocycles. The zero-order valence-electron chi connectivity index (χ0n) is 11.4. The van der Waals surface area contributed by atoms with Gasteiger partial charge >= 0.3 is 0 Å². The van der Waals surface area contributed by atoms with Gasteiger partial charge in [0.25, 0.3) is 5.91 Å². The molecule has 0 aromatic heterocycles. The first kappa shape index (κ1) is 14.4. The van der Waals surface area contributed by atoms with Crippen LogP contribution in [-0.4, -0.2) is 51.0 Å². The van der Waals surface area contributed by atoms with Gasteiger partial charge in [0, 0.05) is 24.8 Å². The number of hydrogen-bond acceptors (Lipinski definition) is 4. The maximum absolute atomic E-state index is 13.4. The Morgan fingerprint density at radius 3 is 2.95 bits per heavy atom. The minimum atomic E-state index is -0.976. The van der Waals surface area contributed by atoms with E-state index >= 15 is 0 Å². The van der Waals surface area contributed by atoms with Gasteiger partial charge in [-0.3, -0.25) is 4.79 Å². The molecule has 2 aliphatic rings. The molecule has 0 saturated carbocycles. The van der Waals surface area contributed by atoms with Crippen LogP contribution in [0.4, 0.5) is 14.5 Å². The van der Waals surface area contributed by atoms with Gasteiger partial charge in [-0.2, -0.15) is 0 Å². The SMILES string of the molecule is O=C1CO[C@@]2(CNCCOC2)CN1c1ccc(F)c(F)c1. The summed E-state index contributed by atoms with van der Waals surface area (Å²) in [5.74, 6) is -2.19. The highest BCUT2D eigenvalue weighted by Gasteiger charge is 2.41. The Morgan fingerprint density at radius 2 is 2.14 bits per heavy atom. The van der Waals surface area contributed by atoms with Crippen molar-refractivity contribution in [1.29, 1.82) is 0 Å². The number of morpholine rings is 1. The van der Waals surface area contributed by atoms with E-state index in [1.54, 1.807) is 0 Å². The molecule has 0 unspecified atom stereocenters. The fourth-order valence-electron chi connectivity index (χ4n) is 2.57. The van der Waals surface area contributed by atoms with Gasteiger partial charge in [0.2, 0.25) is 0 Å². The molecule has 1 N–H and O–H groups in total. The van der Waals surface area contributed by atoms with Gasteiger partial charge in [0.15, 0.2) is 11.6 Å². The Hall–Kier alpha value is -1.57. The van der Waals surface area contributed by atoms with Crippen molar-refractivity contribution in [3.05, 3.63) is 29.8 Å². The predicted molar refractivity (Wildman–Crippen MR) is 71.1 cm³/mol. The molecule has 1 spiro atoms. The first-order valence-electron chi connectivity index (χ1n) is 6.78. The van der Waals surface area contributed by atoms with Gasteiger partial charge in [-0.05, 0) is 12.1 Å². The van der Waals surface area contributed by atoms with E-state index < -0.39 is 17.2 Å². The van der Waals surface area contributed by atoms with Crippen LogP contribution in [0.2, 0.25) is 0 Å². The van der Waals surface area contributed by atoms with E-state index in [1.165, 1.54) is 11.0 Å². The lowest BCUT2D eigenvalue weighted by molar-refractivity contribution is -0.144. The van der Waals surface area contributed by atoms with Crippen LogP contribution in [0.15, 0.2) is 18.2 Å². The minimum absolute atomic E-state index is 0.107. The van der Waals surface area contributed by atoms with E-state index in [2.05, 4.69) is 5.32 Å². The molecule has 0 aliphatic carbocycles. The van der Waals surface area contributed by atoms with Crippen LogP contribution in [-0.2, 0) is 14.3 Å². The lowest BCUT2D eigenvalue weighted by Crippen LogP contribution is -2.60. The Labute approximate surface area is 120 Å². The molecule has 7 heteroatoms. The number of amides is 1. The lowest BCUT2D eigenvalue weighted by Gasteiger charge is -2.41. The monoisotopic (exact) mass is 298 g/mol. The number of nitrogens with zero attached hydrogens (tertiary/aromatic N) is 1. The van der Waals surface area contributed by atoms with Crippen molar-refractivity contribution in [2.75, 3.05) is 44.4 Å². The van der Waals surface area contributed by atoms with E-state index in [1.807, 2.05) is 0 Å². The van der Waals surface area contributed by atoms with Gasteiger partial charge in [0.05, 0.1) is 19.8 Å². The quantitative estimate of drug-likeness (QED) is 0.829. The minimum Gasteiger partial charge on any atom is -0.377 e. The van der Waals surface area contributed by atoms with Crippen LogP contribution in [0, 0.1) is 11.6 Å². The summed E-state index contributed by atoms with van der Waals surface area (Å²) >= 11 is 0. The van der Waals surface area contributed by atoms with Crippen molar-refractivity contribution < 1.29 is 23.0 Å². The molecule has 2 aliphatic heterocycles. The number of rotatable bonds is 1. The molecule has 1 amide bonds. The van der Waals surface area contributed by atoms with Gasteiger partial charge in [0.1, 0.15) is 12.2 Å². The molecule has 5 nitrogen and oxygen atoms in total. The zero-order chi connectivity index (χ0) is 14.9. The normalized spacial score (nSPS) is 27.0. The van der Waals surface area contributed by atoms with Crippen LogP contribution >= 0.6 is 0 Å². The molecule has 3 rings (SSSR count). The summed E-state index contributed by atoms with van der Waals surface area (Å²) < 4.78 is 37.6. The van der Waals surface area contributed by atoms with Crippen molar-refractivity contribution in [3.8, 4) is 0 Å².